The minimum atomic E-state index is -3.67. The highest BCUT2D eigenvalue weighted by Crippen LogP contribution is 1.83. The molecule has 0 radical (unpaired) electrons. The van der Waals surface area contributed by atoms with Crippen LogP contribution < -0.4 is 0 Å². The second-order valence-corrected chi connectivity index (χ2v) is 3.88. The lowest BCUT2D eigenvalue weighted by Crippen LogP contribution is -2.01. The van der Waals surface area contributed by atoms with E-state index in [0.717, 1.165) is 0 Å². The molecule has 1 aromatic heterocycles. The van der Waals surface area contributed by atoms with Crippen molar-refractivity contribution >= 4 is 18.5 Å². The van der Waals surface area contributed by atoms with Crippen molar-refractivity contribution in [2.75, 3.05) is 5.75 Å². The Morgan fingerprint density at radius 2 is 1.39 bits per heavy atom. The van der Waals surface area contributed by atoms with Crippen molar-refractivity contribution in [3.05, 3.63) is 30.6 Å². The summed E-state index contributed by atoms with van der Waals surface area (Å²) in [5.41, 5.74) is 0. The van der Waals surface area contributed by atoms with E-state index in [1.165, 1.54) is 0 Å². The molecule has 0 bridgehead atoms. The standard InChI is InChI=1S/C5H5N.C3H8O3S.BH3.4FH/c1-2-4-6-5-3-1;1-2-3-7(4,5)6;;;;;/h1-5H;2-3H2,1H3,(H,4,5,6);1H3;4*1H. The van der Waals surface area contributed by atoms with E-state index in [2.05, 4.69) is 4.98 Å². The molecule has 0 amide bonds. The summed E-state index contributed by atoms with van der Waals surface area (Å²) in [5, 5.41) is 0. The van der Waals surface area contributed by atoms with Crippen molar-refractivity contribution in [3.8, 4) is 0 Å². The summed E-state index contributed by atoms with van der Waals surface area (Å²) in [6.07, 6.45) is 3.97. The lowest BCUT2D eigenvalue weighted by atomic mass is 10.5. The Bertz CT molecular complexity index is 289. The molecule has 0 aromatic carbocycles. The number of rotatable bonds is 2. The van der Waals surface area contributed by atoms with Gasteiger partial charge in [-0.3, -0.25) is 28.4 Å². The third kappa shape index (κ3) is 36.4. The Morgan fingerprint density at radius 1 is 1.00 bits per heavy atom. The summed E-state index contributed by atoms with van der Waals surface area (Å²) in [4.78, 5) is 3.78. The van der Waals surface area contributed by atoms with Crippen LogP contribution in [0.25, 0.3) is 0 Å². The van der Waals surface area contributed by atoms with Gasteiger partial charge in [-0.1, -0.05) is 13.0 Å². The predicted molar refractivity (Wildman–Crippen MR) is 70.9 cm³/mol. The SMILES string of the molecule is B.CCCS(=O)(=O)O.F.F.F.F.c1ccncc1. The smallest absolute Gasteiger partial charge is 0.264 e. The third-order valence-electron chi connectivity index (χ3n) is 1.03. The highest BCUT2D eigenvalue weighted by molar-refractivity contribution is 7.85. The van der Waals surface area contributed by atoms with Crippen LogP contribution in [0.2, 0.25) is 0 Å². The second kappa shape index (κ2) is 21.2. The Hall–Kier alpha value is -1.16. The molecular weight excluding hydrogens is 277 g/mol. The van der Waals surface area contributed by atoms with E-state index in [9.17, 15) is 8.42 Å². The Morgan fingerprint density at radius 3 is 1.44 bits per heavy atom. The fourth-order valence-electron chi connectivity index (χ4n) is 0.571. The lowest BCUT2D eigenvalue weighted by molar-refractivity contribution is 0.482. The van der Waals surface area contributed by atoms with Crippen LogP contribution in [-0.2, 0) is 10.1 Å². The van der Waals surface area contributed by atoms with E-state index in [-0.39, 0.29) is 33.0 Å². The predicted octanol–water partition coefficient (Wildman–Crippen LogP) is 0.792. The molecule has 4 nitrogen and oxygen atoms in total. The normalized spacial score (nSPS) is 7.22. The zero-order chi connectivity index (χ0) is 10.2. The molecule has 1 heterocycles. The fraction of sp³-hybridized carbons (Fsp3) is 0.375. The second-order valence-electron chi connectivity index (χ2n) is 2.31. The van der Waals surface area contributed by atoms with Gasteiger partial charge in [0, 0.05) is 12.4 Å². The van der Waals surface area contributed by atoms with Crippen LogP contribution in [-0.4, -0.2) is 32.1 Å². The highest BCUT2D eigenvalue weighted by atomic mass is 32.2. The van der Waals surface area contributed by atoms with Gasteiger partial charge < -0.3 is 0 Å². The van der Waals surface area contributed by atoms with Gasteiger partial charge in [0.25, 0.3) is 10.1 Å². The van der Waals surface area contributed by atoms with Crippen LogP contribution >= 0.6 is 0 Å². The van der Waals surface area contributed by atoms with Crippen LogP contribution in [0.4, 0.5) is 18.8 Å². The van der Waals surface area contributed by atoms with E-state index >= 15 is 0 Å². The van der Waals surface area contributed by atoms with Gasteiger partial charge in [-0.05, 0) is 18.6 Å². The Balaban J connectivity index is -0.0000000314. The van der Waals surface area contributed by atoms with E-state index in [1.807, 2.05) is 18.2 Å². The van der Waals surface area contributed by atoms with Gasteiger partial charge in [0.05, 0.1) is 14.2 Å². The fourth-order valence-corrected chi connectivity index (χ4v) is 1.09. The average Bonchev–Trinajstić information content (AvgIpc) is 2.06. The topological polar surface area (TPSA) is 67.3 Å². The van der Waals surface area contributed by atoms with Crippen LogP contribution in [0, 0.1) is 0 Å². The summed E-state index contributed by atoms with van der Waals surface area (Å²) < 4.78 is 27.6. The van der Waals surface area contributed by atoms with Gasteiger partial charge in [-0.2, -0.15) is 8.42 Å². The van der Waals surface area contributed by atoms with Crippen LogP contribution in [0.15, 0.2) is 30.6 Å². The summed E-state index contributed by atoms with van der Waals surface area (Å²) in [6, 6.07) is 5.72. The molecule has 0 aliphatic rings. The number of hydrogen-bond donors (Lipinski definition) is 1. The number of pyridine rings is 1. The highest BCUT2D eigenvalue weighted by Gasteiger charge is 1.98. The van der Waals surface area contributed by atoms with E-state index < -0.39 is 10.1 Å². The molecule has 0 unspecified atom stereocenters. The van der Waals surface area contributed by atoms with Gasteiger partial charge >= 0.3 is 0 Å². The molecule has 0 fully saturated rings. The van der Waals surface area contributed by atoms with Crippen molar-refractivity contribution in [1.82, 2.24) is 4.98 Å². The van der Waals surface area contributed by atoms with Crippen molar-refractivity contribution in [2.24, 2.45) is 0 Å². The quantitative estimate of drug-likeness (QED) is 0.498. The third-order valence-corrected chi connectivity index (χ3v) is 1.95. The first-order chi connectivity index (χ1) is 6.06. The van der Waals surface area contributed by atoms with E-state index in [4.69, 9.17) is 4.55 Å². The van der Waals surface area contributed by atoms with Crippen LogP contribution in [0.5, 0.6) is 0 Å². The molecule has 0 atom stereocenters. The molecule has 10 heteroatoms. The maximum atomic E-state index is 9.79. The molecule has 0 saturated carbocycles. The monoisotopic (exact) mass is 297 g/mol. The summed E-state index contributed by atoms with van der Waals surface area (Å²) >= 11 is 0. The maximum Gasteiger partial charge on any atom is 0.264 e. The molecule has 0 aliphatic heterocycles. The zero-order valence-electron chi connectivity index (χ0n) is 9.05. The molecule has 1 N–H and O–H groups in total. The van der Waals surface area contributed by atoms with Crippen molar-refractivity contribution < 1.29 is 31.8 Å². The molecule has 1 rings (SSSR count). The summed E-state index contributed by atoms with van der Waals surface area (Å²) in [5.74, 6) is -0.132. The van der Waals surface area contributed by atoms with Gasteiger partial charge in [0.1, 0.15) is 0 Å². The van der Waals surface area contributed by atoms with Crippen LogP contribution in [0.3, 0.4) is 0 Å². The molecule has 1 aromatic rings. The van der Waals surface area contributed by atoms with E-state index in [0.29, 0.717) is 6.42 Å². The van der Waals surface area contributed by atoms with Crippen molar-refractivity contribution in [1.29, 1.82) is 0 Å². The molecular formula is C8H20BF4NO3S. The van der Waals surface area contributed by atoms with Crippen LogP contribution in [0.1, 0.15) is 13.3 Å². The first-order valence-electron chi connectivity index (χ1n) is 3.86. The van der Waals surface area contributed by atoms with Crippen molar-refractivity contribution in [3.63, 3.8) is 0 Å². The molecule has 0 aliphatic carbocycles. The van der Waals surface area contributed by atoms with Gasteiger partial charge in [-0.25, -0.2) is 0 Å². The zero-order valence-corrected chi connectivity index (χ0v) is 9.87. The molecule has 112 valence electrons. The first-order valence-corrected chi connectivity index (χ1v) is 5.47. The molecule has 0 saturated heterocycles. The largest absolute Gasteiger partial charge is 0.286 e. The molecule has 0 spiro atoms. The van der Waals surface area contributed by atoms with Gasteiger partial charge in [0.15, 0.2) is 0 Å². The maximum absolute atomic E-state index is 9.79. The van der Waals surface area contributed by atoms with Gasteiger partial charge in [-0.15, -0.1) is 0 Å². The van der Waals surface area contributed by atoms with E-state index in [1.54, 1.807) is 19.3 Å². The number of halogens is 4. The Kier molecular flexibility index (Phi) is 42.3. The minimum Gasteiger partial charge on any atom is -0.286 e. The van der Waals surface area contributed by atoms with Gasteiger partial charge in [0.2, 0.25) is 0 Å². The average molecular weight is 297 g/mol. The summed E-state index contributed by atoms with van der Waals surface area (Å²) in [6.45, 7) is 1.69. The van der Waals surface area contributed by atoms with Crippen molar-refractivity contribution in [2.45, 2.75) is 13.3 Å². The minimum absolute atomic E-state index is 0. The Labute approximate surface area is 106 Å². The number of hydrogen-bond acceptors (Lipinski definition) is 3. The number of nitrogens with zero attached hydrogens (tertiary/aromatic N) is 1. The summed E-state index contributed by atoms with van der Waals surface area (Å²) in [7, 11) is -3.67. The number of aromatic nitrogens is 1. The first kappa shape index (κ1) is 36.0. The lowest BCUT2D eigenvalue weighted by Gasteiger charge is -1.85. The molecule has 18 heavy (non-hydrogen) atoms.